The first-order valence-electron chi connectivity index (χ1n) is 21.8. The monoisotopic (exact) mass is 753 g/mol. The highest BCUT2D eigenvalue weighted by Gasteiger charge is 2.19. The molecule has 0 aliphatic heterocycles. The molecule has 0 aromatic heterocycles. The first kappa shape index (κ1) is 50.8. The van der Waals surface area contributed by atoms with Crippen molar-refractivity contribution < 1.29 is 24.2 Å². The van der Waals surface area contributed by atoms with Gasteiger partial charge in [-0.25, -0.2) is 4.79 Å². The molecule has 1 amide bonds. The number of nitrogens with two attached hydrogens (primary N) is 1. The smallest absolute Gasteiger partial charge is 0.326 e. The molecule has 7 heteroatoms. The standard InChI is InChI=1S/C47H80N2O5/c1-3-5-7-9-11-13-14-15-16-17-18-19-20-21-22-24-26-31-35-41-46(51)54-43(37-32-28-25-23-12-10-8-6-4-2)38-33-29-27-30-34-40-45(50)49-44(47(52)53)39-36-42-48/h5,7,11,13,15-16,18-19,21-22,26,31,43-44H,3-4,6,8-10,12,14,17,20,23-25,27-30,32-42,48H2,1-2H3,(H,49,50)(H,52,53)/b7-5-,13-11-,16-15-,19-18-,22-21-,31-26-. The molecule has 0 aromatic carbocycles. The van der Waals surface area contributed by atoms with Crippen LogP contribution in [0, 0.1) is 0 Å². The number of allylic oxidation sites excluding steroid dienone is 12. The summed E-state index contributed by atoms with van der Waals surface area (Å²) < 4.78 is 5.99. The van der Waals surface area contributed by atoms with Gasteiger partial charge >= 0.3 is 11.9 Å². The van der Waals surface area contributed by atoms with Gasteiger partial charge < -0.3 is 20.9 Å². The van der Waals surface area contributed by atoms with E-state index in [1.54, 1.807) is 0 Å². The van der Waals surface area contributed by atoms with E-state index in [1.165, 1.54) is 51.4 Å². The van der Waals surface area contributed by atoms with Gasteiger partial charge in [0.25, 0.3) is 0 Å². The zero-order chi connectivity index (χ0) is 39.6. The first-order valence-corrected chi connectivity index (χ1v) is 21.8. The van der Waals surface area contributed by atoms with Crippen LogP contribution in [0.2, 0.25) is 0 Å². The fourth-order valence-electron chi connectivity index (χ4n) is 6.06. The SMILES string of the molecule is CC/C=C\C/C=C\C/C=C\C/C=C\C/C=C\C/C=C\CCC(=O)OC(CCCCCCCCCCC)CCCCCCCC(=O)NC(CCCN)C(=O)O. The van der Waals surface area contributed by atoms with E-state index in [9.17, 15) is 19.5 Å². The second kappa shape index (κ2) is 41.0. The Hall–Kier alpha value is -3.19. The molecule has 0 radical (unpaired) electrons. The molecule has 0 heterocycles. The maximum Gasteiger partial charge on any atom is 0.326 e. The van der Waals surface area contributed by atoms with Crippen LogP contribution in [0.3, 0.4) is 0 Å². The number of hydrogen-bond donors (Lipinski definition) is 3. The number of carbonyl (C=O) groups is 3. The van der Waals surface area contributed by atoms with Crippen LogP contribution in [0.4, 0.5) is 0 Å². The molecule has 0 aliphatic rings. The predicted octanol–water partition coefficient (Wildman–Crippen LogP) is 12.3. The van der Waals surface area contributed by atoms with E-state index in [-0.39, 0.29) is 18.0 Å². The van der Waals surface area contributed by atoms with E-state index in [0.717, 1.165) is 89.9 Å². The number of carboxylic acids is 1. The summed E-state index contributed by atoms with van der Waals surface area (Å²) in [7, 11) is 0. The lowest BCUT2D eigenvalue weighted by atomic mass is 10.0. The minimum atomic E-state index is -1.01. The highest BCUT2D eigenvalue weighted by molar-refractivity contribution is 5.83. The molecule has 4 N–H and O–H groups in total. The second-order valence-corrected chi connectivity index (χ2v) is 14.4. The Bertz CT molecular complexity index is 1070. The molecule has 0 spiro atoms. The van der Waals surface area contributed by atoms with Crippen molar-refractivity contribution in [3.63, 3.8) is 0 Å². The fourth-order valence-corrected chi connectivity index (χ4v) is 6.06. The predicted molar refractivity (Wildman–Crippen MR) is 229 cm³/mol. The van der Waals surface area contributed by atoms with Crippen LogP contribution in [0.15, 0.2) is 72.9 Å². The molecule has 0 bridgehead atoms. The molecule has 2 unspecified atom stereocenters. The van der Waals surface area contributed by atoms with Gasteiger partial charge in [0.15, 0.2) is 0 Å². The van der Waals surface area contributed by atoms with Crippen LogP contribution in [-0.4, -0.2) is 41.6 Å². The van der Waals surface area contributed by atoms with Gasteiger partial charge in [-0.05, 0) is 96.4 Å². The molecular formula is C47H80N2O5. The summed E-state index contributed by atoms with van der Waals surface area (Å²) in [5.74, 6) is -1.33. The highest BCUT2D eigenvalue weighted by Crippen LogP contribution is 2.18. The third kappa shape index (κ3) is 37.1. The van der Waals surface area contributed by atoms with Gasteiger partial charge in [0.1, 0.15) is 12.1 Å². The van der Waals surface area contributed by atoms with Crippen molar-refractivity contribution in [3.8, 4) is 0 Å². The normalized spacial score (nSPS) is 13.4. The molecule has 0 rings (SSSR count). The average molecular weight is 753 g/mol. The molecule has 2 atom stereocenters. The fraction of sp³-hybridized carbons (Fsp3) is 0.681. The number of nitrogens with one attached hydrogen (secondary N) is 1. The number of aliphatic carboxylic acids is 1. The molecule has 0 aliphatic carbocycles. The Kier molecular flexibility index (Phi) is 38.6. The van der Waals surface area contributed by atoms with Crippen molar-refractivity contribution >= 4 is 17.8 Å². The molecule has 0 saturated carbocycles. The highest BCUT2D eigenvalue weighted by atomic mass is 16.5. The van der Waals surface area contributed by atoms with Gasteiger partial charge in [0, 0.05) is 12.8 Å². The lowest BCUT2D eigenvalue weighted by Crippen LogP contribution is -2.40. The summed E-state index contributed by atoms with van der Waals surface area (Å²) >= 11 is 0. The van der Waals surface area contributed by atoms with Crippen LogP contribution < -0.4 is 11.1 Å². The largest absolute Gasteiger partial charge is 0.480 e. The van der Waals surface area contributed by atoms with Crippen molar-refractivity contribution in [1.29, 1.82) is 0 Å². The third-order valence-corrected chi connectivity index (χ3v) is 9.30. The van der Waals surface area contributed by atoms with E-state index in [1.807, 2.05) is 0 Å². The quantitative estimate of drug-likeness (QED) is 0.0328. The second-order valence-electron chi connectivity index (χ2n) is 14.4. The minimum absolute atomic E-state index is 0.0282. The number of carbonyl (C=O) groups excluding carboxylic acids is 2. The van der Waals surface area contributed by atoms with Gasteiger partial charge in [-0.1, -0.05) is 157 Å². The number of ether oxygens (including phenoxy) is 1. The van der Waals surface area contributed by atoms with Gasteiger partial charge in [-0.3, -0.25) is 9.59 Å². The van der Waals surface area contributed by atoms with Crippen molar-refractivity contribution in [2.45, 2.75) is 199 Å². The Morgan fingerprint density at radius 1 is 0.556 bits per heavy atom. The molecule has 54 heavy (non-hydrogen) atoms. The number of amides is 1. The van der Waals surface area contributed by atoms with Crippen LogP contribution >= 0.6 is 0 Å². The van der Waals surface area contributed by atoms with Crippen LogP contribution in [0.1, 0.15) is 187 Å². The molecule has 0 fully saturated rings. The summed E-state index contributed by atoms with van der Waals surface area (Å²) in [6.45, 7) is 4.81. The zero-order valence-electron chi connectivity index (χ0n) is 34.5. The zero-order valence-corrected chi connectivity index (χ0v) is 34.5. The molecular weight excluding hydrogens is 673 g/mol. The maximum absolute atomic E-state index is 12.7. The van der Waals surface area contributed by atoms with E-state index in [0.29, 0.717) is 38.6 Å². The molecule has 0 saturated heterocycles. The summed E-state index contributed by atoms with van der Waals surface area (Å²) in [6, 6.07) is -0.864. The lowest BCUT2D eigenvalue weighted by Gasteiger charge is -2.18. The summed E-state index contributed by atoms with van der Waals surface area (Å²) in [4.78, 5) is 36.3. The molecule has 0 aromatic rings. The van der Waals surface area contributed by atoms with Crippen molar-refractivity contribution in [3.05, 3.63) is 72.9 Å². The molecule has 308 valence electrons. The summed E-state index contributed by atoms with van der Waals surface area (Å²) in [6.07, 6.45) is 52.4. The van der Waals surface area contributed by atoms with E-state index in [2.05, 4.69) is 92.1 Å². The summed E-state index contributed by atoms with van der Waals surface area (Å²) in [5.41, 5.74) is 5.48. The van der Waals surface area contributed by atoms with Crippen molar-refractivity contribution in [1.82, 2.24) is 5.32 Å². The van der Waals surface area contributed by atoms with Crippen molar-refractivity contribution in [2.24, 2.45) is 5.73 Å². The van der Waals surface area contributed by atoms with Crippen LogP contribution in [0.5, 0.6) is 0 Å². The average Bonchev–Trinajstić information content (AvgIpc) is 3.16. The third-order valence-electron chi connectivity index (χ3n) is 9.30. The van der Waals surface area contributed by atoms with E-state index < -0.39 is 12.0 Å². The van der Waals surface area contributed by atoms with Crippen LogP contribution in [0.25, 0.3) is 0 Å². The van der Waals surface area contributed by atoms with E-state index >= 15 is 0 Å². The number of hydrogen-bond acceptors (Lipinski definition) is 5. The van der Waals surface area contributed by atoms with Gasteiger partial charge in [-0.2, -0.15) is 0 Å². The Morgan fingerprint density at radius 2 is 1.00 bits per heavy atom. The van der Waals surface area contributed by atoms with E-state index in [4.69, 9.17) is 10.5 Å². The van der Waals surface area contributed by atoms with Crippen molar-refractivity contribution in [2.75, 3.05) is 6.54 Å². The number of esters is 1. The van der Waals surface area contributed by atoms with Gasteiger partial charge in [0.05, 0.1) is 0 Å². The topological polar surface area (TPSA) is 119 Å². The van der Waals surface area contributed by atoms with Gasteiger partial charge in [0.2, 0.25) is 5.91 Å². The first-order chi connectivity index (χ1) is 26.4. The Labute approximate surface area is 331 Å². The number of carboxylic acid groups (broad SMARTS) is 1. The summed E-state index contributed by atoms with van der Waals surface area (Å²) in [5, 5.41) is 11.9. The Morgan fingerprint density at radius 3 is 1.46 bits per heavy atom. The molecule has 7 nitrogen and oxygen atoms in total. The number of rotatable bonds is 38. The Balaban J connectivity index is 4.39. The number of unbranched alkanes of at least 4 members (excludes halogenated alkanes) is 12. The maximum atomic E-state index is 12.7. The lowest BCUT2D eigenvalue weighted by molar-refractivity contribution is -0.149. The van der Waals surface area contributed by atoms with Gasteiger partial charge in [-0.15, -0.1) is 0 Å². The van der Waals surface area contributed by atoms with Crippen LogP contribution in [-0.2, 0) is 19.1 Å². The minimum Gasteiger partial charge on any atom is -0.480 e.